The first kappa shape index (κ1) is 10.8. The van der Waals surface area contributed by atoms with Gasteiger partial charge in [0.2, 0.25) is 0 Å². The van der Waals surface area contributed by atoms with Crippen LogP contribution in [0.5, 0.6) is 0 Å². The zero-order valence-corrected chi connectivity index (χ0v) is 10.4. The molecule has 2 aliphatic heterocycles. The van der Waals surface area contributed by atoms with Crippen molar-refractivity contribution in [3.63, 3.8) is 0 Å². The second kappa shape index (κ2) is 3.13. The Balaban J connectivity index is 2.20. The predicted molar refractivity (Wildman–Crippen MR) is 59.6 cm³/mol. The Bertz CT molecular complexity index is 211. The van der Waals surface area contributed by atoms with Gasteiger partial charge >= 0.3 is 0 Å². The maximum atomic E-state index is 5.82. The predicted octanol–water partition coefficient (Wildman–Crippen LogP) is 2.81. The van der Waals surface area contributed by atoms with Crippen molar-refractivity contribution in [2.45, 2.75) is 55.8 Å². The highest BCUT2D eigenvalue weighted by Crippen LogP contribution is 2.53. The summed E-state index contributed by atoms with van der Waals surface area (Å²) >= 11 is 2.05. The van der Waals surface area contributed by atoms with Crippen molar-refractivity contribution in [1.82, 2.24) is 0 Å². The van der Waals surface area contributed by atoms with Gasteiger partial charge in [-0.05, 0) is 0 Å². The Labute approximate surface area is 90.7 Å². The average Bonchev–Trinajstić information content (AvgIpc) is 2.27. The van der Waals surface area contributed by atoms with E-state index in [4.69, 9.17) is 9.47 Å². The molecule has 0 saturated carbocycles. The molecule has 0 aromatic carbocycles. The molecule has 0 aromatic heterocycles. The summed E-state index contributed by atoms with van der Waals surface area (Å²) in [6.45, 7) is 10.7. The van der Waals surface area contributed by atoms with Gasteiger partial charge < -0.3 is 9.47 Å². The monoisotopic (exact) mass is 216 g/mol. The maximum absolute atomic E-state index is 5.82. The van der Waals surface area contributed by atoms with Crippen molar-refractivity contribution in [3.05, 3.63) is 0 Å². The summed E-state index contributed by atoms with van der Waals surface area (Å²) < 4.78 is 12.1. The average molecular weight is 216 g/mol. The first-order chi connectivity index (χ1) is 6.33. The van der Waals surface area contributed by atoms with Crippen molar-refractivity contribution >= 4 is 11.8 Å². The Hall–Kier alpha value is 0.270. The van der Waals surface area contributed by atoms with E-state index in [1.807, 2.05) is 11.8 Å². The molecule has 1 spiro atoms. The number of rotatable bonds is 0. The molecule has 2 saturated heterocycles. The van der Waals surface area contributed by atoms with Gasteiger partial charge in [-0.2, -0.15) is 0 Å². The van der Waals surface area contributed by atoms with E-state index in [1.165, 1.54) is 0 Å². The smallest absolute Gasteiger partial charge is 0.171 e. The lowest BCUT2D eigenvalue weighted by Crippen LogP contribution is -2.48. The van der Waals surface area contributed by atoms with Gasteiger partial charge in [0.05, 0.1) is 13.2 Å². The summed E-state index contributed by atoms with van der Waals surface area (Å²) in [6.07, 6.45) is 2.02. The number of hydrogen-bond acceptors (Lipinski definition) is 3. The van der Waals surface area contributed by atoms with Crippen LogP contribution in [0.15, 0.2) is 0 Å². The van der Waals surface area contributed by atoms with Crippen molar-refractivity contribution in [2.24, 2.45) is 0 Å². The van der Waals surface area contributed by atoms with E-state index in [2.05, 4.69) is 27.7 Å². The second-order valence-corrected chi connectivity index (χ2v) is 8.00. The third kappa shape index (κ3) is 2.10. The van der Waals surface area contributed by atoms with Crippen molar-refractivity contribution in [1.29, 1.82) is 0 Å². The topological polar surface area (TPSA) is 18.5 Å². The molecule has 2 heterocycles. The minimum atomic E-state index is -0.280. The number of thioether (sulfide) groups is 1. The molecule has 0 N–H and O–H groups in total. The Kier molecular flexibility index (Phi) is 2.41. The molecule has 3 heteroatoms. The highest BCUT2D eigenvalue weighted by atomic mass is 32.2. The molecule has 2 aliphatic rings. The largest absolute Gasteiger partial charge is 0.347 e. The summed E-state index contributed by atoms with van der Waals surface area (Å²) in [5, 5.41) is 0. The molecule has 0 radical (unpaired) electrons. The van der Waals surface area contributed by atoms with Crippen molar-refractivity contribution in [3.8, 4) is 0 Å². The summed E-state index contributed by atoms with van der Waals surface area (Å²) in [7, 11) is 0. The Morgan fingerprint density at radius 2 is 1.29 bits per heavy atom. The van der Waals surface area contributed by atoms with Crippen LogP contribution in [0, 0.1) is 0 Å². The van der Waals surface area contributed by atoms with Gasteiger partial charge in [0, 0.05) is 22.3 Å². The van der Waals surface area contributed by atoms with Crippen molar-refractivity contribution < 1.29 is 9.47 Å². The summed E-state index contributed by atoms with van der Waals surface area (Å²) in [5.74, 6) is -0.280. The molecule has 2 rings (SSSR count). The Morgan fingerprint density at radius 1 is 0.857 bits per heavy atom. The van der Waals surface area contributed by atoms with E-state index in [-0.39, 0.29) is 15.3 Å². The van der Waals surface area contributed by atoms with Crippen LogP contribution in [0.3, 0.4) is 0 Å². The van der Waals surface area contributed by atoms with Crippen LogP contribution >= 0.6 is 11.8 Å². The van der Waals surface area contributed by atoms with Gasteiger partial charge in [-0.3, -0.25) is 0 Å². The minimum absolute atomic E-state index is 0.256. The van der Waals surface area contributed by atoms with Gasteiger partial charge in [-0.25, -0.2) is 0 Å². The van der Waals surface area contributed by atoms with Crippen molar-refractivity contribution in [2.75, 3.05) is 13.2 Å². The molecule has 0 bridgehead atoms. The number of hydrogen-bond donors (Lipinski definition) is 0. The van der Waals surface area contributed by atoms with Crippen LogP contribution < -0.4 is 0 Å². The molecular formula is C11H20O2S. The lowest BCUT2D eigenvalue weighted by atomic mass is 9.92. The van der Waals surface area contributed by atoms with Crippen LogP contribution in [0.2, 0.25) is 0 Å². The minimum Gasteiger partial charge on any atom is -0.347 e. The van der Waals surface area contributed by atoms with E-state index < -0.39 is 0 Å². The fourth-order valence-corrected chi connectivity index (χ4v) is 4.96. The van der Waals surface area contributed by atoms with Crippen LogP contribution in [-0.4, -0.2) is 28.5 Å². The molecular weight excluding hydrogens is 196 g/mol. The van der Waals surface area contributed by atoms with E-state index >= 15 is 0 Å². The maximum Gasteiger partial charge on any atom is 0.171 e. The molecule has 0 aliphatic carbocycles. The fraction of sp³-hybridized carbons (Fsp3) is 1.00. The lowest BCUT2D eigenvalue weighted by molar-refractivity contribution is -0.177. The van der Waals surface area contributed by atoms with E-state index in [1.54, 1.807) is 0 Å². The highest BCUT2D eigenvalue weighted by Gasteiger charge is 2.51. The standard InChI is InChI=1S/C11H20O2S/c1-9(2)7-11(12-5-6-13-11)8-10(3,4)14-9/h5-8H2,1-4H3. The molecule has 0 amide bonds. The summed E-state index contributed by atoms with van der Waals surface area (Å²) in [5.41, 5.74) is 0. The van der Waals surface area contributed by atoms with Gasteiger partial charge in [0.15, 0.2) is 5.79 Å². The third-order valence-electron chi connectivity index (χ3n) is 2.76. The van der Waals surface area contributed by atoms with Crippen LogP contribution in [-0.2, 0) is 9.47 Å². The van der Waals surface area contributed by atoms with Gasteiger partial charge in [0.1, 0.15) is 0 Å². The van der Waals surface area contributed by atoms with Crippen LogP contribution in [0.1, 0.15) is 40.5 Å². The molecule has 82 valence electrons. The third-order valence-corrected chi connectivity index (χ3v) is 4.15. The molecule has 0 atom stereocenters. The molecule has 0 aromatic rings. The molecule has 2 nitrogen and oxygen atoms in total. The normalized spacial score (nSPS) is 33.4. The fourth-order valence-electron chi connectivity index (χ4n) is 2.88. The van der Waals surface area contributed by atoms with E-state index in [9.17, 15) is 0 Å². The highest BCUT2D eigenvalue weighted by molar-refractivity contribution is 8.02. The van der Waals surface area contributed by atoms with Crippen LogP contribution in [0.25, 0.3) is 0 Å². The van der Waals surface area contributed by atoms with Gasteiger partial charge in [-0.1, -0.05) is 27.7 Å². The van der Waals surface area contributed by atoms with Crippen LogP contribution in [0.4, 0.5) is 0 Å². The zero-order chi connectivity index (χ0) is 10.4. The molecule has 0 unspecified atom stereocenters. The SMILES string of the molecule is CC1(C)CC2(CC(C)(C)S1)OCCO2. The first-order valence-corrected chi connectivity index (χ1v) is 6.12. The van der Waals surface area contributed by atoms with E-state index in [0.717, 1.165) is 26.1 Å². The summed E-state index contributed by atoms with van der Waals surface area (Å²) in [4.78, 5) is 0. The van der Waals surface area contributed by atoms with Gasteiger partial charge in [0.25, 0.3) is 0 Å². The molecule has 14 heavy (non-hydrogen) atoms. The second-order valence-electron chi connectivity index (χ2n) is 5.58. The molecule has 2 fully saturated rings. The van der Waals surface area contributed by atoms with E-state index in [0.29, 0.717) is 0 Å². The quantitative estimate of drug-likeness (QED) is 0.620. The first-order valence-electron chi connectivity index (χ1n) is 5.31. The number of ether oxygens (including phenoxy) is 2. The summed E-state index contributed by atoms with van der Waals surface area (Å²) in [6, 6.07) is 0. The Morgan fingerprint density at radius 3 is 1.71 bits per heavy atom. The zero-order valence-electron chi connectivity index (χ0n) is 9.55. The van der Waals surface area contributed by atoms with Gasteiger partial charge in [-0.15, -0.1) is 11.8 Å². The lowest BCUT2D eigenvalue weighted by Gasteiger charge is -2.48.